The first-order valence-corrected chi connectivity index (χ1v) is 8.06. The second kappa shape index (κ2) is 8.50. The molecule has 0 aliphatic heterocycles. The van der Waals surface area contributed by atoms with Crippen LogP contribution in [0.3, 0.4) is 0 Å². The normalized spacial score (nSPS) is 14.3. The molecule has 0 atom stereocenters. The zero-order valence-electron chi connectivity index (χ0n) is 14.4. The van der Waals surface area contributed by atoms with Gasteiger partial charge in [0.05, 0.1) is 21.3 Å². The lowest BCUT2D eigenvalue weighted by Gasteiger charge is -2.15. The predicted octanol–water partition coefficient (Wildman–Crippen LogP) is 1.97. The molecule has 0 unspecified atom stereocenters. The smallest absolute Gasteiger partial charge is 0.203 e. The van der Waals surface area contributed by atoms with E-state index in [1.807, 2.05) is 12.1 Å². The Morgan fingerprint density at radius 3 is 2.43 bits per heavy atom. The van der Waals surface area contributed by atoms with E-state index in [9.17, 15) is 0 Å². The summed E-state index contributed by atoms with van der Waals surface area (Å²) >= 11 is 0. The van der Waals surface area contributed by atoms with Gasteiger partial charge in [0.2, 0.25) is 5.75 Å². The predicted molar refractivity (Wildman–Crippen MR) is 91.9 cm³/mol. The molecule has 6 nitrogen and oxygen atoms in total. The highest BCUT2D eigenvalue weighted by Crippen LogP contribution is 2.39. The highest BCUT2D eigenvalue weighted by Gasteiger charge is 2.22. The molecule has 0 heterocycles. The van der Waals surface area contributed by atoms with Crippen molar-refractivity contribution in [2.45, 2.75) is 32.2 Å². The van der Waals surface area contributed by atoms with E-state index in [-0.39, 0.29) is 0 Å². The molecular weight excluding hydrogens is 294 g/mol. The molecule has 2 rings (SSSR count). The molecule has 1 saturated carbocycles. The number of methoxy groups -OCH3 is 3. The number of rotatable bonds is 8. The Hall–Kier alpha value is -2.11. The van der Waals surface area contributed by atoms with Crippen molar-refractivity contribution in [3.63, 3.8) is 0 Å². The van der Waals surface area contributed by atoms with E-state index in [0.717, 1.165) is 24.5 Å². The van der Waals surface area contributed by atoms with Gasteiger partial charge in [0.1, 0.15) is 0 Å². The maximum absolute atomic E-state index is 5.50. The number of aliphatic imine (C=N–C) groups is 1. The van der Waals surface area contributed by atoms with E-state index in [4.69, 9.17) is 14.2 Å². The van der Waals surface area contributed by atoms with Crippen molar-refractivity contribution in [2.75, 3.05) is 34.4 Å². The van der Waals surface area contributed by atoms with Crippen LogP contribution in [-0.4, -0.2) is 46.4 Å². The number of benzene rings is 1. The number of hydrogen-bond acceptors (Lipinski definition) is 4. The molecule has 1 aromatic rings. The van der Waals surface area contributed by atoms with E-state index in [2.05, 4.69) is 22.5 Å². The Labute approximate surface area is 138 Å². The zero-order chi connectivity index (χ0) is 16.7. The van der Waals surface area contributed by atoms with Gasteiger partial charge < -0.3 is 24.8 Å². The molecule has 23 heavy (non-hydrogen) atoms. The first kappa shape index (κ1) is 17.2. The molecule has 1 aliphatic carbocycles. The molecule has 0 radical (unpaired) electrons. The van der Waals surface area contributed by atoms with E-state index in [0.29, 0.717) is 29.8 Å². The van der Waals surface area contributed by atoms with E-state index < -0.39 is 0 Å². The molecule has 2 N–H and O–H groups in total. The number of hydrogen-bond donors (Lipinski definition) is 2. The Kier molecular flexibility index (Phi) is 6.38. The summed E-state index contributed by atoms with van der Waals surface area (Å²) in [5, 5.41) is 6.68. The lowest BCUT2D eigenvalue weighted by atomic mass is 10.1. The Morgan fingerprint density at radius 2 is 1.87 bits per heavy atom. The summed E-state index contributed by atoms with van der Waals surface area (Å²) in [6.07, 6.45) is 3.23. The van der Waals surface area contributed by atoms with Crippen molar-refractivity contribution >= 4 is 5.96 Å². The fourth-order valence-corrected chi connectivity index (χ4v) is 2.39. The zero-order valence-corrected chi connectivity index (χ0v) is 14.4. The second-order valence-electron chi connectivity index (χ2n) is 5.42. The van der Waals surface area contributed by atoms with Crippen molar-refractivity contribution in [3.05, 3.63) is 17.7 Å². The average molecular weight is 321 g/mol. The van der Waals surface area contributed by atoms with Gasteiger partial charge in [-0.05, 0) is 32.3 Å². The van der Waals surface area contributed by atoms with Crippen LogP contribution in [0.5, 0.6) is 17.2 Å². The van der Waals surface area contributed by atoms with Gasteiger partial charge in [0.15, 0.2) is 17.5 Å². The molecule has 0 spiro atoms. The van der Waals surface area contributed by atoms with E-state index in [1.165, 1.54) is 12.8 Å². The van der Waals surface area contributed by atoms with Crippen LogP contribution in [0.15, 0.2) is 17.1 Å². The molecule has 0 saturated heterocycles. The maximum atomic E-state index is 5.50. The van der Waals surface area contributed by atoms with Crippen molar-refractivity contribution in [2.24, 2.45) is 4.99 Å². The third-order valence-corrected chi connectivity index (χ3v) is 3.70. The van der Waals surface area contributed by atoms with Crippen LogP contribution >= 0.6 is 0 Å². The molecule has 1 aliphatic rings. The van der Waals surface area contributed by atoms with Gasteiger partial charge in [0, 0.05) is 24.7 Å². The van der Waals surface area contributed by atoms with Gasteiger partial charge in [-0.3, -0.25) is 4.99 Å². The summed E-state index contributed by atoms with van der Waals surface area (Å²) in [5.74, 6) is 2.89. The van der Waals surface area contributed by atoms with Crippen molar-refractivity contribution in [3.8, 4) is 17.2 Å². The average Bonchev–Trinajstić information content (AvgIpc) is 3.38. The van der Waals surface area contributed by atoms with Crippen LogP contribution < -0.4 is 24.8 Å². The molecule has 0 aromatic heterocycles. The quantitative estimate of drug-likeness (QED) is 0.566. The van der Waals surface area contributed by atoms with Crippen molar-refractivity contribution in [1.82, 2.24) is 10.6 Å². The van der Waals surface area contributed by atoms with Crippen LogP contribution in [0.25, 0.3) is 0 Å². The van der Waals surface area contributed by atoms with Gasteiger partial charge >= 0.3 is 0 Å². The minimum atomic E-state index is 0.586. The van der Waals surface area contributed by atoms with Gasteiger partial charge in [-0.15, -0.1) is 0 Å². The summed E-state index contributed by atoms with van der Waals surface area (Å²) in [7, 11) is 4.88. The minimum Gasteiger partial charge on any atom is -0.493 e. The van der Waals surface area contributed by atoms with E-state index >= 15 is 0 Å². The summed E-state index contributed by atoms with van der Waals surface area (Å²) in [4.78, 5) is 4.63. The summed E-state index contributed by atoms with van der Waals surface area (Å²) < 4.78 is 16.2. The first-order chi connectivity index (χ1) is 11.2. The van der Waals surface area contributed by atoms with Crippen LogP contribution in [0.4, 0.5) is 0 Å². The number of nitrogens with one attached hydrogen (secondary N) is 2. The summed E-state index contributed by atoms with van der Waals surface area (Å²) in [6.45, 7) is 3.60. The SMILES string of the molecule is CCNC(=NCCc1ccc(OC)c(OC)c1OC)NC1CC1. The molecule has 6 heteroatoms. The second-order valence-corrected chi connectivity index (χ2v) is 5.42. The third kappa shape index (κ3) is 4.68. The largest absolute Gasteiger partial charge is 0.493 e. The lowest BCUT2D eigenvalue weighted by molar-refractivity contribution is 0.322. The van der Waals surface area contributed by atoms with Gasteiger partial charge in [0.25, 0.3) is 0 Å². The van der Waals surface area contributed by atoms with Crippen LogP contribution in [-0.2, 0) is 6.42 Å². The fourth-order valence-electron chi connectivity index (χ4n) is 2.39. The van der Waals surface area contributed by atoms with Gasteiger partial charge in [-0.1, -0.05) is 6.07 Å². The minimum absolute atomic E-state index is 0.586. The van der Waals surface area contributed by atoms with Gasteiger partial charge in [-0.2, -0.15) is 0 Å². The topological polar surface area (TPSA) is 64.1 Å². The first-order valence-electron chi connectivity index (χ1n) is 8.06. The highest BCUT2D eigenvalue weighted by molar-refractivity contribution is 5.80. The standard InChI is InChI=1S/C17H27N3O3/c1-5-18-17(20-13-7-8-13)19-11-10-12-6-9-14(21-2)16(23-4)15(12)22-3/h6,9,13H,5,7-8,10-11H2,1-4H3,(H2,18,19,20). The maximum Gasteiger partial charge on any atom is 0.203 e. The summed E-state index contributed by atoms with van der Waals surface area (Å²) in [6, 6.07) is 4.48. The van der Waals surface area contributed by atoms with Crippen molar-refractivity contribution in [1.29, 1.82) is 0 Å². The molecule has 0 bridgehead atoms. The fraction of sp³-hybridized carbons (Fsp3) is 0.588. The number of nitrogens with zero attached hydrogens (tertiary/aromatic N) is 1. The molecule has 1 aromatic carbocycles. The Balaban J connectivity index is 2.06. The Bertz CT molecular complexity index is 542. The van der Waals surface area contributed by atoms with Crippen LogP contribution in [0.1, 0.15) is 25.3 Å². The third-order valence-electron chi connectivity index (χ3n) is 3.70. The molecule has 0 amide bonds. The molecule has 1 fully saturated rings. The van der Waals surface area contributed by atoms with Crippen LogP contribution in [0, 0.1) is 0 Å². The lowest BCUT2D eigenvalue weighted by Crippen LogP contribution is -2.38. The van der Waals surface area contributed by atoms with Gasteiger partial charge in [-0.25, -0.2) is 0 Å². The number of ether oxygens (including phenoxy) is 3. The summed E-state index contributed by atoms with van der Waals surface area (Å²) in [5.41, 5.74) is 1.05. The highest BCUT2D eigenvalue weighted by atomic mass is 16.5. The molecular formula is C17H27N3O3. The van der Waals surface area contributed by atoms with Crippen molar-refractivity contribution < 1.29 is 14.2 Å². The Morgan fingerprint density at radius 1 is 1.13 bits per heavy atom. The number of guanidine groups is 1. The van der Waals surface area contributed by atoms with E-state index in [1.54, 1.807) is 21.3 Å². The van der Waals surface area contributed by atoms with Crippen LogP contribution in [0.2, 0.25) is 0 Å². The molecule has 128 valence electrons. The monoisotopic (exact) mass is 321 g/mol.